The van der Waals surface area contributed by atoms with Crippen molar-refractivity contribution in [2.75, 3.05) is 11.1 Å². The molecule has 0 saturated heterocycles. The highest BCUT2D eigenvalue weighted by molar-refractivity contribution is 7.99. The summed E-state index contributed by atoms with van der Waals surface area (Å²) in [5.41, 5.74) is 0.875. The molecule has 3 rings (SSSR count). The molecule has 0 bridgehead atoms. The fraction of sp³-hybridized carbons (Fsp3) is 0.500. The van der Waals surface area contributed by atoms with Crippen LogP contribution >= 0.6 is 11.8 Å². The largest absolute Gasteiger partial charge is 0.378 e. The molecule has 0 radical (unpaired) electrons. The zero-order valence-corrected chi connectivity index (χ0v) is 11.3. The summed E-state index contributed by atoms with van der Waals surface area (Å²) in [6.45, 7) is 0. The third-order valence-corrected chi connectivity index (χ3v) is 5.12. The topological polar surface area (TPSA) is 49.3 Å². The van der Waals surface area contributed by atoms with E-state index in [4.69, 9.17) is 0 Å². The molecule has 1 aliphatic carbocycles. The summed E-state index contributed by atoms with van der Waals surface area (Å²) in [6, 6.07) is 2.91. The van der Waals surface area contributed by atoms with Crippen LogP contribution in [-0.2, 0) is 4.79 Å². The predicted octanol–water partition coefficient (Wildman–Crippen LogP) is 3.09. The van der Waals surface area contributed by atoms with Crippen molar-refractivity contribution in [3.8, 4) is 0 Å². The molecular weight excluding hydrogens is 265 g/mol. The molecule has 2 N–H and O–H groups in total. The lowest BCUT2D eigenvalue weighted by atomic mass is 10.1. The van der Waals surface area contributed by atoms with Gasteiger partial charge in [0, 0.05) is 21.9 Å². The maximum Gasteiger partial charge on any atom is 0.257 e. The first-order valence-corrected chi connectivity index (χ1v) is 7.59. The summed E-state index contributed by atoms with van der Waals surface area (Å²) < 4.78 is 13.9. The van der Waals surface area contributed by atoms with Crippen LogP contribution in [0.1, 0.15) is 37.4 Å². The Morgan fingerprint density at radius 1 is 1.37 bits per heavy atom. The van der Waals surface area contributed by atoms with Gasteiger partial charge in [0.1, 0.15) is 5.82 Å². The minimum absolute atomic E-state index is 0.340. The van der Waals surface area contributed by atoms with E-state index in [-0.39, 0.29) is 5.82 Å². The van der Waals surface area contributed by atoms with Gasteiger partial charge in [-0.05, 0) is 30.9 Å². The average molecular weight is 281 g/mol. The fourth-order valence-electron chi connectivity index (χ4n) is 2.74. The Balaban J connectivity index is 1.76. The summed E-state index contributed by atoms with van der Waals surface area (Å²) in [5.74, 6) is 0.772. The number of halogens is 1. The highest BCUT2D eigenvalue weighted by Crippen LogP contribution is 2.38. The predicted molar refractivity (Wildman–Crippen MR) is 72.7 cm³/mol. The number of carbonyl (C=O) groups is 1. The molecule has 102 valence electrons. The lowest BCUT2D eigenvalue weighted by Crippen LogP contribution is -2.10. The normalized spacial score (nSPS) is 22.6. The van der Waals surface area contributed by atoms with E-state index in [0.717, 1.165) is 5.75 Å². The number of hydrogen-bond donors (Lipinski definition) is 2. The molecule has 1 atom stereocenters. The molecule has 1 saturated carbocycles. The third kappa shape index (κ3) is 2.49. The summed E-state index contributed by atoms with van der Waals surface area (Å²) in [6.07, 6.45) is 3.78. The van der Waals surface area contributed by atoms with Gasteiger partial charge in [0.15, 0.2) is 6.10 Å². The van der Waals surface area contributed by atoms with Crippen molar-refractivity contribution in [3.63, 3.8) is 0 Å². The SMILES string of the molecule is O=C1Nc2cc(SCC3CCCC3)c(F)cc2C1O. The number of nitrogens with one attached hydrogen (secondary N) is 1. The zero-order valence-electron chi connectivity index (χ0n) is 10.5. The van der Waals surface area contributed by atoms with Crippen LogP contribution in [0.25, 0.3) is 0 Å². The highest BCUT2D eigenvalue weighted by Gasteiger charge is 2.30. The molecule has 19 heavy (non-hydrogen) atoms. The van der Waals surface area contributed by atoms with Gasteiger partial charge in [-0.15, -0.1) is 11.8 Å². The van der Waals surface area contributed by atoms with Gasteiger partial charge in [-0.1, -0.05) is 12.8 Å². The first kappa shape index (κ1) is 12.9. The maximum absolute atomic E-state index is 13.9. The van der Waals surface area contributed by atoms with Gasteiger partial charge >= 0.3 is 0 Å². The summed E-state index contributed by atoms with van der Waals surface area (Å²) >= 11 is 1.50. The van der Waals surface area contributed by atoms with E-state index in [9.17, 15) is 14.3 Å². The minimum atomic E-state index is -1.24. The number of aliphatic hydroxyl groups excluding tert-OH is 1. The highest BCUT2D eigenvalue weighted by atomic mass is 32.2. The van der Waals surface area contributed by atoms with Gasteiger partial charge in [-0.25, -0.2) is 4.39 Å². The molecule has 5 heteroatoms. The van der Waals surface area contributed by atoms with Gasteiger partial charge in [-0.3, -0.25) is 4.79 Å². The van der Waals surface area contributed by atoms with Crippen LogP contribution in [0.15, 0.2) is 17.0 Å². The molecule has 1 aromatic rings. The van der Waals surface area contributed by atoms with Crippen molar-refractivity contribution in [1.82, 2.24) is 0 Å². The van der Waals surface area contributed by atoms with Crippen molar-refractivity contribution in [2.24, 2.45) is 5.92 Å². The Labute approximate surface area is 115 Å². The number of rotatable bonds is 3. The zero-order chi connectivity index (χ0) is 13.4. The fourth-order valence-corrected chi connectivity index (χ4v) is 3.89. The Kier molecular flexibility index (Phi) is 3.50. The molecule has 1 aromatic carbocycles. The second-order valence-electron chi connectivity index (χ2n) is 5.22. The van der Waals surface area contributed by atoms with E-state index in [0.29, 0.717) is 22.1 Å². The number of thioether (sulfide) groups is 1. The van der Waals surface area contributed by atoms with Crippen molar-refractivity contribution in [2.45, 2.75) is 36.7 Å². The van der Waals surface area contributed by atoms with Crippen LogP contribution < -0.4 is 5.32 Å². The summed E-state index contributed by atoms with van der Waals surface area (Å²) in [7, 11) is 0. The first-order valence-electron chi connectivity index (χ1n) is 6.60. The molecular formula is C14H16FNO2S. The smallest absolute Gasteiger partial charge is 0.257 e. The van der Waals surface area contributed by atoms with Crippen molar-refractivity contribution < 1.29 is 14.3 Å². The van der Waals surface area contributed by atoms with E-state index >= 15 is 0 Å². The van der Waals surface area contributed by atoms with Crippen molar-refractivity contribution >= 4 is 23.4 Å². The molecule has 1 unspecified atom stereocenters. The van der Waals surface area contributed by atoms with Crippen molar-refractivity contribution in [1.29, 1.82) is 0 Å². The standard InChI is InChI=1S/C14H16FNO2S/c15-10-5-9-11(16-14(18)13(9)17)6-12(10)19-7-8-3-1-2-4-8/h5-6,8,13,17H,1-4,7H2,(H,16,18). The second kappa shape index (κ2) is 5.13. The molecule has 0 spiro atoms. The molecule has 1 aliphatic heterocycles. The Bertz CT molecular complexity index is 514. The van der Waals surface area contributed by atoms with Crippen LogP contribution in [0, 0.1) is 11.7 Å². The third-order valence-electron chi connectivity index (χ3n) is 3.85. The Morgan fingerprint density at radius 3 is 2.84 bits per heavy atom. The average Bonchev–Trinajstić information content (AvgIpc) is 2.98. The van der Waals surface area contributed by atoms with Gasteiger partial charge in [-0.2, -0.15) is 0 Å². The lowest BCUT2D eigenvalue weighted by molar-refractivity contribution is -0.123. The van der Waals surface area contributed by atoms with Gasteiger partial charge in [0.2, 0.25) is 0 Å². The quantitative estimate of drug-likeness (QED) is 0.837. The number of amides is 1. The van der Waals surface area contributed by atoms with E-state index < -0.39 is 12.0 Å². The van der Waals surface area contributed by atoms with Crippen molar-refractivity contribution in [3.05, 3.63) is 23.5 Å². The summed E-state index contributed by atoms with van der Waals surface area (Å²) in [5, 5.41) is 12.2. The number of fused-ring (bicyclic) bond motifs is 1. The van der Waals surface area contributed by atoms with Crippen LogP contribution in [0.3, 0.4) is 0 Å². The van der Waals surface area contributed by atoms with Crippen LogP contribution in [0.5, 0.6) is 0 Å². The van der Waals surface area contributed by atoms with E-state index in [2.05, 4.69) is 5.32 Å². The second-order valence-corrected chi connectivity index (χ2v) is 6.28. The maximum atomic E-state index is 13.9. The molecule has 1 heterocycles. The molecule has 3 nitrogen and oxygen atoms in total. The van der Waals surface area contributed by atoms with Gasteiger partial charge in [0.05, 0.1) is 0 Å². The van der Waals surface area contributed by atoms with Gasteiger partial charge in [0.25, 0.3) is 5.91 Å². The number of benzene rings is 1. The van der Waals surface area contributed by atoms with E-state index in [1.807, 2.05) is 0 Å². The molecule has 0 aromatic heterocycles. The Hall–Kier alpha value is -1.07. The number of carbonyl (C=O) groups excluding carboxylic acids is 1. The summed E-state index contributed by atoms with van der Waals surface area (Å²) in [4.78, 5) is 11.9. The first-order chi connectivity index (χ1) is 9.15. The number of aliphatic hydroxyl groups is 1. The minimum Gasteiger partial charge on any atom is -0.378 e. The lowest BCUT2D eigenvalue weighted by Gasteiger charge is -2.10. The Morgan fingerprint density at radius 2 is 2.11 bits per heavy atom. The van der Waals surface area contributed by atoms with E-state index in [1.165, 1.54) is 43.5 Å². The molecule has 1 fully saturated rings. The van der Waals surface area contributed by atoms with E-state index in [1.54, 1.807) is 6.07 Å². The molecule has 1 amide bonds. The molecule has 2 aliphatic rings. The van der Waals surface area contributed by atoms with Crippen LogP contribution in [0.4, 0.5) is 10.1 Å². The van der Waals surface area contributed by atoms with Crippen LogP contribution in [-0.4, -0.2) is 16.8 Å². The van der Waals surface area contributed by atoms with Crippen LogP contribution in [0.2, 0.25) is 0 Å². The number of anilines is 1. The number of hydrogen-bond acceptors (Lipinski definition) is 3. The monoisotopic (exact) mass is 281 g/mol. The van der Waals surface area contributed by atoms with Gasteiger partial charge < -0.3 is 10.4 Å².